The molecular weight excluding hydrogens is 388 g/mol. The topological polar surface area (TPSA) is 75.7 Å². The Morgan fingerprint density at radius 2 is 1.76 bits per heavy atom. The number of sulfonamides is 1. The maximum atomic E-state index is 13.2. The predicted octanol–water partition coefficient (Wildman–Crippen LogP) is 3.39. The Kier molecular flexibility index (Phi) is 6.72. The van der Waals surface area contributed by atoms with Gasteiger partial charge in [-0.05, 0) is 48.6 Å². The van der Waals surface area contributed by atoms with Crippen LogP contribution in [0.3, 0.4) is 0 Å². The fraction of sp³-hybridized carbons (Fsp3) is 0.409. The monoisotopic (exact) mass is 416 g/mol. The number of rotatable bonds is 6. The summed E-state index contributed by atoms with van der Waals surface area (Å²) in [7, 11) is -3.68. The standard InChI is InChI=1S/C22H28N2O4S/c1-4-17-9-10-19(15-20(17)29(26,27)24-11-13-28-14-12-24)22(25)23-21-16(3)7-6-8-18(21)5-2/h6-10,15H,4-5,11-14H2,1-3H3,(H,23,25). The average molecular weight is 417 g/mol. The fourth-order valence-corrected chi connectivity index (χ4v) is 5.27. The summed E-state index contributed by atoms with van der Waals surface area (Å²) in [6, 6.07) is 10.8. The molecule has 6 nitrogen and oxygen atoms in total. The van der Waals surface area contributed by atoms with Crippen LogP contribution >= 0.6 is 0 Å². The van der Waals surface area contributed by atoms with E-state index in [0.29, 0.717) is 43.9 Å². The van der Waals surface area contributed by atoms with Crippen molar-refractivity contribution in [2.45, 2.75) is 38.5 Å². The molecule has 0 aliphatic carbocycles. The number of aryl methyl sites for hydroxylation is 3. The minimum atomic E-state index is -3.68. The van der Waals surface area contributed by atoms with E-state index >= 15 is 0 Å². The smallest absolute Gasteiger partial charge is 0.255 e. The molecule has 7 heteroatoms. The molecule has 1 heterocycles. The fourth-order valence-electron chi connectivity index (χ4n) is 3.54. The molecule has 1 aliphatic rings. The SMILES string of the molecule is CCc1ccc(C(=O)Nc2c(C)cccc2CC)cc1S(=O)(=O)N1CCOCC1. The summed E-state index contributed by atoms with van der Waals surface area (Å²) in [6.45, 7) is 7.31. The number of carbonyl (C=O) groups is 1. The molecule has 1 N–H and O–H groups in total. The molecule has 0 bridgehead atoms. The summed E-state index contributed by atoms with van der Waals surface area (Å²) in [5.74, 6) is -0.310. The normalized spacial score (nSPS) is 15.3. The van der Waals surface area contributed by atoms with Gasteiger partial charge in [0, 0.05) is 24.3 Å². The van der Waals surface area contributed by atoms with E-state index in [0.717, 1.165) is 23.2 Å². The summed E-state index contributed by atoms with van der Waals surface area (Å²) in [5.41, 5.74) is 3.85. The van der Waals surface area contributed by atoms with Crippen molar-refractivity contribution in [3.05, 3.63) is 58.7 Å². The van der Waals surface area contributed by atoms with Gasteiger partial charge in [0.25, 0.3) is 5.91 Å². The zero-order valence-corrected chi connectivity index (χ0v) is 18.0. The van der Waals surface area contributed by atoms with Gasteiger partial charge in [-0.2, -0.15) is 4.31 Å². The van der Waals surface area contributed by atoms with Crippen molar-refractivity contribution < 1.29 is 17.9 Å². The second-order valence-electron chi connectivity index (χ2n) is 7.11. The largest absolute Gasteiger partial charge is 0.379 e. The van der Waals surface area contributed by atoms with Crippen LogP contribution in [0, 0.1) is 6.92 Å². The number of nitrogens with zero attached hydrogens (tertiary/aromatic N) is 1. The molecule has 1 fully saturated rings. The Morgan fingerprint density at radius 1 is 1.07 bits per heavy atom. The van der Waals surface area contributed by atoms with Gasteiger partial charge < -0.3 is 10.1 Å². The first-order valence-corrected chi connectivity index (χ1v) is 11.4. The first-order chi connectivity index (χ1) is 13.9. The van der Waals surface area contributed by atoms with E-state index in [-0.39, 0.29) is 10.8 Å². The number of nitrogens with one attached hydrogen (secondary N) is 1. The maximum Gasteiger partial charge on any atom is 0.255 e. The van der Waals surface area contributed by atoms with E-state index in [9.17, 15) is 13.2 Å². The van der Waals surface area contributed by atoms with Crippen LogP contribution in [0.1, 0.15) is 40.9 Å². The van der Waals surface area contributed by atoms with Crippen molar-refractivity contribution in [2.24, 2.45) is 0 Å². The zero-order chi connectivity index (χ0) is 21.0. The number of benzene rings is 2. The van der Waals surface area contributed by atoms with Gasteiger partial charge in [-0.25, -0.2) is 8.42 Å². The zero-order valence-electron chi connectivity index (χ0n) is 17.2. The number of morpholine rings is 1. The van der Waals surface area contributed by atoms with Gasteiger partial charge in [0.1, 0.15) is 0 Å². The van der Waals surface area contributed by atoms with Gasteiger partial charge in [-0.1, -0.05) is 38.1 Å². The van der Waals surface area contributed by atoms with Crippen LogP contribution in [0.4, 0.5) is 5.69 Å². The molecule has 0 atom stereocenters. The molecule has 1 saturated heterocycles. The quantitative estimate of drug-likeness (QED) is 0.783. The van der Waals surface area contributed by atoms with E-state index in [2.05, 4.69) is 5.32 Å². The number of hydrogen-bond acceptors (Lipinski definition) is 4. The van der Waals surface area contributed by atoms with Gasteiger partial charge in [0.05, 0.1) is 18.1 Å². The molecule has 1 amide bonds. The molecule has 0 radical (unpaired) electrons. The molecule has 29 heavy (non-hydrogen) atoms. The summed E-state index contributed by atoms with van der Waals surface area (Å²) in [6.07, 6.45) is 1.36. The number of hydrogen-bond donors (Lipinski definition) is 1. The second-order valence-corrected chi connectivity index (χ2v) is 9.02. The molecule has 2 aromatic rings. The van der Waals surface area contributed by atoms with Crippen LogP contribution < -0.4 is 5.32 Å². The number of carbonyl (C=O) groups excluding carboxylic acids is 1. The third-order valence-corrected chi connectivity index (χ3v) is 7.26. The molecule has 0 aromatic heterocycles. The number of amides is 1. The van der Waals surface area contributed by atoms with E-state index in [1.165, 1.54) is 10.4 Å². The molecule has 2 aromatic carbocycles. The summed E-state index contributed by atoms with van der Waals surface area (Å²) in [4.78, 5) is 13.2. The Morgan fingerprint density at radius 3 is 2.41 bits per heavy atom. The molecule has 0 unspecified atom stereocenters. The summed E-state index contributed by atoms with van der Waals surface area (Å²) < 4.78 is 33.1. The van der Waals surface area contributed by atoms with E-state index < -0.39 is 10.0 Å². The van der Waals surface area contributed by atoms with E-state index in [1.807, 2.05) is 39.0 Å². The van der Waals surface area contributed by atoms with Crippen LogP contribution in [0.5, 0.6) is 0 Å². The lowest BCUT2D eigenvalue weighted by Crippen LogP contribution is -2.41. The minimum Gasteiger partial charge on any atom is -0.379 e. The van der Waals surface area contributed by atoms with Gasteiger partial charge in [-0.15, -0.1) is 0 Å². The van der Waals surface area contributed by atoms with Crippen LogP contribution in [0.15, 0.2) is 41.3 Å². The van der Waals surface area contributed by atoms with E-state index in [4.69, 9.17) is 4.74 Å². The maximum absolute atomic E-state index is 13.2. The first kappa shape index (κ1) is 21.5. The van der Waals surface area contributed by atoms with Gasteiger partial charge >= 0.3 is 0 Å². The Bertz CT molecular complexity index is 996. The predicted molar refractivity (Wildman–Crippen MR) is 114 cm³/mol. The van der Waals surface area contributed by atoms with Crippen molar-refractivity contribution in [1.82, 2.24) is 4.31 Å². The summed E-state index contributed by atoms with van der Waals surface area (Å²) in [5, 5.41) is 2.97. The Hall–Kier alpha value is -2.22. The minimum absolute atomic E-state index is 0.204. The molecule has 0 saturated carbocycles. The molecule has 0 spiro atoms. The van der Waals surface area contributed by atoms with Gasteiger partial charge in [-0.3, -0.25) is 4.79 Å². The highest BCUT2D eigenvalue weighted by Crippen LogP contribution is 2.25. The first-order valence-electron chi connectivity index (χ1n) is 9.99. The van der Waals surface area contributed by atoms with Crippen molar-refractivity contribution in [3.8, 4) is 0 Å². The molecule has 156 valence electrons. The van der Waals surface area contributed by atoms with Crippen LogP contribution in [0.2, 0.25) is 0 Å². The highest BCUT2D eigenvalue weighted by molar-refractivity contribution is 7.89. The lowest BCUT2D eigenvalue weighted by Gasteiger charge is -2.27. The average Bonchev–Trinajstić information content (AvgIpc) is 2.75. The van der Waals surface area contributed by atoms with Crippen molar-refractivity contribution >= 4 is 21.6 Å². The van der Waals surface area contributed by atoms with Crippen LogP contribution in [-0.4, -0.2) is 44.9 Å². The summed E-state index contributed by atoms with van der Waals surface area (Å²) >= 11 is 0. The van der Waals surface area contributed by atoms with Gasteiger partial charge in [0.2, 0.25) is 10.0 Å². The number of para-hydroxylation sites is 1. The second kappa shape index (κ2) is 9.07. The van der Waals surface area contributed by atoms with Gasteiger partial charge in [0.15, 0.2) is 0 Å². The Balaban J connectivity index is 1.95. The van der Waals surface area contributed by atoms with Crippen molar-refractivity contribution in [3.63, 3.8) is 0 Å². The third-order valence-electron chi connectivity index (χ3n) is 5.28. The molecular formula is C22H28N2O4S. The Labute approximate surface area is 172 Å². The third kappa shape index (κ3) is 4.52. The highest BCUT2D eigenvalue weighted by atomic mass is 32.2. The molecule has 3 rings (SSSR count). The van der Waals surface area contributed by atoms with E-state index in [1.54, 1.807) is 12.1 Å². The van der Waals surface area contributed by atoms with Crippen molar-refractivity contribution in [1.29, 1.82) is 0 Å². The lowest BCUT2D eigenvalue weighted by atomic mass is 10.0. The molecule has 1 aliphatic heterocycles. The number of ether oxygens (including phenoxy) is 1. The lowest BCUT2D eigenvalue weighted by molar-refractivity contribution is 0.0730. The van der Waals surface area contributed by atoms with Crippen LogP contribution in [0.25, 0.3) is 0 Å². The highest BCUT2D eigenvalue weighted by Gasteiger charge is 2.29. The van der Waals surface area contributed by atoms with Crippen molar-refractivity contribution in [2.75, 3.05) is 31.6 Å². The number of anilines is 1. The van der Waals surface area contributed by atoms with Crippen LogP contribution in [-0.2, 0) is 27.6 Å².